The summed E-state index contributed by atoms with van der Waals surface area (Å²) in [6.07, 6.45) is 2.53. The van der Waals surface area contributed by atoms with Gasteiger partial charge in [-0.2, -0.15) is 0 Å². The van der Waals surface area contributed by atoms with E-state index in [1.54, 1.807) is 0 Å². The third-order valence-corrected chi connectivity index (χ3v) is 6.10. The van der Waals surface area contributed by atoms with E-state index in [-0.39, 0.29) is 11.3 Å². The first-order valence-electron chi connectivity index (χ1n) is 11.5. The summed E-state index contributed by atoms with van der Waals surface area (Å²) in [5, 5.41) is 7.79. The molecule has 0 aliphatic heterocycles. The van der Waals surface area contributed by atoms with Crippen LogP contribution in [-0.2, 0) is 13.6 Å². The minimum atomic E-state index is -0.112. The molecule has 0 bridgehead atoms. The van der Waals surface area contributed by atoms with Crippen LogP contribution in [0.15, 0.2) is 42.5 Å². The van der Waals surface area contributed by atoms with Gasteiger partial charge in [-0.15, -0.1) is 0 Å². The average Bonchev–Trinajstić information content (AvgIpc) is 3.55. The maximum atomic E-state index is 12.8. The lowest BCUT2D eigenvalue weighted by molar-refractivity contribution is 0.102. The van der Waals surface area contributed by atoms with Crippen LogP contribution in [-0.4, -0.2) is 23.6 Å². The van der Waals surface area contributed by atoms with Crippen LogP contribution < -0.4 is 15.4 Å². The number of hydrogen-bond acceptors (Lipinski definition) is 3. The second-order valence-electron chi connectivity index (χ2n) is 10.3. The molecule has 4 rings (SSSR count). The molecule has 1 aromatic heterocycles. The molecule has 1 amide bonds. The predicted molar refractivity (Wildman–Crippen MR) is 131 cm³/mol. The Balaban J connectivity index is 1.44. The maximum Gasteiger partial charge on any atom is 0.255 e. The summed E-state index contributed by atoms with van der Waals surface area (Å²) < 4.78 is 8.01. The van der Waals surface area contributed by atoms with Crippen LogP contribution in [0, 0.1) is 18.3 Å². The Kier molecular flexibility index (Phi) is 6.29. The summed E-state index contributed by atoms with van der Waals surface area (Å²) in [7, 11) is 2.11. The number of nitrogens with zero attached hydrogens (tertiary/aromatic N) is 1. The number of aromatic nitrogens is 1. The third kappa shape index (κ3) is 5.33. The zero-order valence-electron chi connectivity index (χ0n) is 19.9. The maximum absolute atomic E-state index is 12.8. The van der Waals surface area contributed by atoms with Crippen LogP contribution in [0.5, 0.6) is 5.75 Å². The van der Waals surface area contributed by atoms with Crippen molar-refractivity contribution in [2.45, 2.75) is 47.1 Å². The molecule has 0 radical (unpaired) electrons. The van der Waals surface area contributed by atoms with Crippen molar-refractivity contribution in [2.24, 2.45) is 18.4 Å². The highest BCUT2D eigenvalue weighted by Gasteiger charge is 2.22. The lowest BCUT2D eigenvalue weighted by atomic mass is 9.97. The molecular weight excluding hydrogens is 398 g/mol. The van der Waals surface area contributed by atoms with E-state index >= 15 is 0 Å². The Morgan fingerprint density at radius 2 is 1.84 bits per heavy atom. The normalized spacial score (nSPS) is 14.0. The smallest absolute Gasteiger partial charge is 0.255 e. The quantitative estimate of drug-likeness (QED) is 0.482. The molecule has 2 N–H and O–H groups in total. The number of anilines is 1. The van der Waals surface area contributed by atoms with Crippen molar-refractivity contribution >= 4 is 22.5 Å². The number of fused-ring (bicyclic) bond motifs is 1. The summed E-state index contributed by atoms with van der Waals surface area (Å²) in [5.41, 5.74) is 5.37. The molecule has 1 saturated carbocycles. The highest BCUT2D eigenvalue weighted by atomic mass is 16.5. The topological polar surface area (TPSA) is 55.3 Å². The Bertz CT molecular complexity index is 1100. The highest BCUT2D eigenvalue weighted by Crippen LogP contribution is 2.30. The standard InChI is InChI=1S/C27H35N3O2/c1-18-23-14-21(10-13-24(23)30(5)25(18)15-28-17-27(2,3)4)29-26(31)20-8-11-22(12-9-20)32-16-19-6-7-19/h8-14,19,28H,6-7,15-17H2,1-5H3,(H,29,31). The molecule has 0 saturated heterocycles. The summed E-state index contributed by atoms with van der Waals surface area (Å²) in [6.45, 7) is 11.4. The molecule has 1 heterocycles. The zero-order chi connectivity index (χ0) is 22.9. The van der Waals surface area contributed by atoms with E-state index in [9.17, 15) is 4.79 Å². The van der Waals surface area contributed by atoms with E-state index in [1.807, 2.05) is 30.3 Å². The van der Waals surface area contributed by atoms with Crippen LogP contribution in [0.3, 0.4) is 0 Å². The van der Waals surface area contributed by atoms with E-state index < -0.39 is 0 Å². The summed E-state index contributed by atoms with van der Waals surface area (Å²) in [4.78, 5) is 12.8. The second kappa shape index (κ2) is 8.99. The number of amides is 1. The fourth-order valence-electron chi connectivity index (χ4n) is 3.97. The van der Waals surface area contributed by atoms with Gasteiger partial charge in [0.2, 0.25) is 0 Å². The Morgan fingerprint density at radius 1 is 1.12 bits per heavy atom. The molecule has 0 unspecified atom stereocenters. The summed E-state index contributed by atoms with van der Waals surface area (Å²) in [5.74, 6) is 1.42. The molecule has 0 atom stereocenters. The third-order valence-electron chi connectivity index (χ3n) is 6.10. The van der Waals surface area contributed by atoms with Crippen molar-refractivity contribution in [2.75, 3.05) is 18.5 Å². The Labute approximate surface area is 191 Å². The van der Waals surface area contributed by atoms with Gasteiger partial charge in [-0.05, 0) is 79.1 Å². The van der Waals surface area contributed by atoms with Gasteiger partial charge in [0.1, 0.15) is 5.75 Å². The monoisotopic (exact) mass is 433 g/mol. The summed E-state index contributed by atoms with van der Waals surface area (Å²) in [6, 6.07) is 13.5. The largest absolute Gasteiger partial charge is 0.493 e. The number of hydrogen-bond donors (Lipinski definition) is 2. The first kappa shape index (κ1) is 22.4. The zero-order valence-corrected chi connectivity index (χ0v) is 19.9. The van der Waals surface area contributed by atoms with Crippen LogP contribution in [0.1, 0.15) is 55.2 Å². The molecule has 5 nitrogen and oxygen atoms in total. The van der Waals surface area contributed by atoms with Gasteiger partial charge in [-0.25, -0.2) is 0 Å². The number of ether oxygens (including phenoxy) is 1. The van der Waals surface area contributed by atoms with Crippen molar-refractivity contribution in [1.82, 2.24) is 9.88 Å². The van der Waals surface area contributed by atoms with Gasteiger partial charge >= 0.3 is 0 Å². The lowest BCUT2D eigenvalue weighted by Crippen LogP contribution is -2.27. The number of benzene rings is 2. The van der Waals surface area contributed by atoms with Crippen molar-refractivity contribution in [1.29, 1.82) is 0 Å². The minimum absolute atomic E-state index is 0.112. The number of rotatable bonds is 8. The molecule has 32 heavy (non-hydrogen) atoms. The first-order valence-corrected chi connectivity index (χ1v) is 11.5. The van der Waals surface area contributed by atoms with E-state index in [4.69, 9.17) is 4.74 Å². The van der Waals surface area contributed by atoms with Crippen molar-refractivity contribution in [3.8, 4) is 5.75 Å². The molecule has 1 fully saturated rings. The minimum Gasteiger partial charge on any atom is -0.493 e. The fourth-order valence-corrected chi connectivity index (χ4v) is 3.97. The van der Waals surface area contributed by atoms with Crippen LogP contribution >= 0.6 is 0 Å². The number of carbonyl (C=O) groups is 1. The van der Waals surface area contributed by atoms with Crippen LogP contribution in [0.4, 0.5) is 5.69 Å². The van der Waals surface area contributed by atoms with Crippen LogP contribution in [0.2, 0.25) is 0 Å². The lowest BCUT2D eigenvalue weighted by Gasteiger charge is -2.19. The fraction of sp³-hybridized carbons (Fsp3) is 0.444. The van der Waals surface area contributed by atoms with Gasteiger partial charge in [-0.1, -0.05) is 20.8 Å². The van der Waals surface area contributed by atoms with E-state index in [0.29, 0.717) is 11.5 Å². The molecule has 1 aliphatic carbocycles. The van der Waals surface area contributed by atoms with Gasteiger partial charge < -0.3 is 19.9 Å². The predicted octanol–water partition coefficient (Wildman–Crippen LogP) is 5.66. The highest BCUT2D eigenvalue weighted by molar-refractivity contribution is 6.05. The molecule has 5 heteroatoms. The Morgan fingerprint density at radius 3 is 2.50 bits per heavy atom. The second-order valence-corrected chi connectivity index (χ2v) is 10.3. The molecule has 170 valence electrons. The summed E-state index contributed by atoms with van der Waals surface area (Å²) >= 11 is 0. The molecular formula is C27H35N3O2. The van der Waals surface area contributed by atoms with E-state index in [0.717, 1.165) is 31.1 Å². The number of carbonyl (C=O) groups excluding carboxylic acids is 1. The van der Waals surface area contributed by atoms with E-state index in [2.05, 4.69) is 62.1 Å². The first-order chi connectivity index (χ1) is 15.2. The molecule has 1 aliphatic rings. The van der Waals surface area contributed by atoms with Gasteiger partial charge in [0, 0.05) is 48.0 Å². The van der Waals surface area contributed by atoms with E-state index in [1.165, 1.54) is 35.0 Å². The number of nitrogens with one attached hydrogen (secondary N) is 2. The van der Waals surface area contributed by atoms with Gasteiger partial charge in [0.15, 0.2) is 0 Å². The van der Waals surface area contributed by atoms with Crippen LogP contribution in [0.25, 0.3) is 10.9 Å². The van der Waals surface area contributed by atoms with Crippen molar-refractivity contribution in [3.05, 3.63) is 59.3 Å². The molecule has 2 aromatic carbocycles. The van der Waals surface area contributed by atoms with Crippen molar-refractivity contribution < 1.29 is 9.53 Å². The van der Waals surface area contributed by atoms with Gasteiger partial charge in [-0.3, -0.25) is 4.79 Å². The van der Waals surface area contributed by atoms with Gasteiger partial charge in [0.05, 0.1) is 6.61 Å². The molecule has 3 aromatic rings. The average molecular weight is 434 g/mol. The molecule has 0 spiro atoms. The number of aryl methyl sites for hydroxylation is 2. The Hall–Kier alpha value is -2.79. The SMILES string of the molecule is Cc1c(CNCC(C)(C)C)n(C)c2ccc(NC(=O)c3ccc(OCC4CC4)cc3)cc12. The van der Waals surface area contributed by atoms with Gasteiger partial charge in [0.25, 0.3) is 5.91 Å². The van der Waals surface area contributed by atoms with Crippen molar-refractivity contribution in [3.63, 3.8) is 0 Å².